The Bertz CT molecular complexity index is 227. The second-order valence-electron chi connectivity index (χ2n) is 6.43. The lowest BCUT2D eigenvalue weighted by molar-refractivity contribution is 0.108. The van der Waals surface area contributed by atoms with Gasteiger partial charge in [-0.1, -0.05) is 20.3 Å². The molecule has 2 aliphatic rings. The van der Waals surface area contributed by atoms with Gasteiger partial charge in [-0.05, 0) is 58.0 Å². The Labute approximate surface area is 107 Å². The summed E-state index contributed by atoms with van der Waals surface area (Å²) < 4.78 is 0. The standard InChI is InChI=1S/C15H30N2/c1-5-11(2)8-15(16-3)12-9-13-6-7-14(10-12)17(13)4/h11-16H,5-10H2,1-4H3. The molecule has 2 aliphatic heterocycles. The van der Waals surface area contributed by atoms with Crippen LogP contribution in [0.2, 0.25) is 0 Å². The van der Waals surface area contributed by atoms with E-state index in [4.69, 9.17) is 0 Å². The minimum atomic E-state index is 0.752. The van der Waals surface area contributed by atoms with Crippen LogP contribution >= 0.6 is 0 Å². The SMILES string of the molecule is CCC(C)CC(NC)C1CC2CCC(C1)N2C. The third kappa shape index (κ3) is 2.85. The average Bonchev–Trinajstić information content (AvgIpc) is 2.58. The molecule has 2 bridgehead atoms. The van der Waals surface area contributed by atoms with E-state index >= 15 is 0 Å². The van der Waals surface area contributed by atoms with E-state index in [1.54, 1.807) is 0 Å². The van der Waals surface area contributed by atoms with E-state index in [-0.39, 0.29) is 0 Å². The van der Waals surface area contributed by atoms with E-state index in [2.05, 4.69) is 38.2 Å². The Balaban J connectivity index is 1.93. The fraction of sp³-hybridized carbons (Fsp3) is 1.00. The summed E-state index contributed by atoms with van der Waals surface area (Å²) in [6.45, 7) is 4.71. The molecule has 0 spiro atoms. The van der Waals surface area contributed by atoms with Crippen molar-refractivity contribution in [3.05, 3.63) is 0 Å². The van der Waals surface area contributed by atoms with Crippen molar-refractivity contribution in [2.45, 2.75) is 70.5 Å². The highest BCUT2D eigenvalue weighted by molar-refractivity contribution is 4.96. The number of hydrogen-bond donors (Lipinski definition) is 1. The van der Waals surface area contributed by atoms with Crippen molar-refractivity contribution in [1.29, 1.82) is 0 Å². The first-order valence-corrected chi connectivity index (χ1v) is 7.54. The van der Waals surface area contributed by atoms with Crippen molar-refractivity contribution < 1.29 is 0 Å². The Morgan fingerprint density at radius 3 is 2.29 bits per heavy atom. The molecule has 0 aliphatic carbocycles. The van der Waals surface area contributed by atoms with Gasteiger partial charge in [0.15, 0.2) is 0 Å². The summed E-state index contributed by atoms with van der Waals surface area (Å²) >= 11 is 0. The Morgan fingerprint density at radius 2 is 1.82 bits per heavy atom. The Morgan fingerprint density at radius 1 is 1.24 bits per heavy atom. The van der Waals surface area contributed by atoms with Gasteiger partial charge in [0.2, 0.25) is 0 Å². The number of piperidine rings is 1. The molecular formula is C15H30N2. The zero-order valence-electron chi connectivity index (χ0n) is 12.1. The Kier molecular flexibility index (Phi) is 4.48. The van der Waals surface area contributed by atoms with Crippen LogP contribution in [0.5, 0.6) is 0 Å². The van der Waals surface area contributed by atoms with Crippen LogP contribution < -0.4 is 5.32 Å². The first-order valence-electron chi connectivity index (χ1n) is 7.54. The largest absolute Gasteiger partial charge is 0.317 e. The van der Waals surface area contributed by atoms with Gasteiger partial charge >= 0.3 is 0 Å². The van der Waals surface area contributed by atoms with Crippen LogP contribution in [0.1, 0.15) is 52.4 Å². The zero-order chi connectivity index (χ0) is 12.4. The molecule has 4 atom stereocenters. The van der Waals surface area contributed by atoms with E-state index in [0.29, 0.717) is 0 Å². The highest BCUT2D eigenvalue weighted by atomic mass is 15.2. The number of nitrogens with zero attached hydrogens (tertiary/aromatic N) is 1. The summed E-state index contributed by atoms with van der Waals surface area (Å²) in [4.78, 5) is 2.65. The third-order valence-electron chi connectivity index (χ3n) is 5.43. The monoisotopic (exact) mass is 238 g/mol. The summed E-state index contributed by atoms with van der Waals surface area (Å²) in [5.74, 6) is 1.78. The molecule has 2 saturated heterocycles. The van der Waals surface area contributed by atoms with E-state index in [1.807, 2.05) is 0 Å². The van der Waals surface area contributed by atoms with Crippen molar-refractivity contribution in [3.63, 3.8) is 0 Å². The van der Waals surface area contributed by atoms with Crippen molar-refractivity contribution >= 4 is 0 Å². The van der Waals surface area contributed by atoms with Crippen LogP contribution in [-0.4, -0.2) is 37.1 Å². The van der Waals surface area contributed by atoms with E-state index in [0.717, 1.165) is 30.0 Å². The molecule has 2 fully saturated rings. The van der Waals surface area contributed by atoms with Crippen LogP contribution in [0, 0.1) is 11.8 Å². The van der Waals surface area contributed by atoms with Crippen LogP contribution in [0.3, 0.4) is 0 Å². The van der Waals surface area contributed by atoms with Gasteiger partial charge in [0.25, 0.3) is 0 Å². The van der Waals surface area contributed by atoms with Gasteiger partial charge in [-0.3, -0.25) is 0 Å². The fourth-order valence-electron chi connectivity index (χ4n) is 3.93. The second kappa shape index (κ2) is 5.71. The molecule has 0 aromatic carbocycles. The molecule has 4 unspecified atom stereocenters. The number of fused-ring (bicyclic) bond motifs is 2. The molecule has 2 nitrogen and oxygen atoms in total. The highest BCUT2D eigenvalue weighted by Gasteiger charge is 2.40. The smallest absolute Gasteiger partial charge is 0.00989 e. The zero-order valence-corrected chi connectivity index (χ0v) is 12.1. The van der Waals surface area contributed by atoms with Crippen molar-refractivity contribution in [3.8, 4) is 0 Å². The maximum atomic E-state index is 3.60. The van der Waals surface area contributed by atoms with E-state index < -0.39 is 0 Å². The fourth-order valence-corrected chi connectivity index (χ4v) is 3.93. The van der Waals surface area contributed by atoms with Gasteiger partial charge in [0, 0.05) is 18.1 Å². The maximum absolute atomic E-state index is 3.60. The minimum absolute atomic E-state index is 0.752. The molecule has 100 valence electrons. The molecule has 0 amide bonds. The third-order valence-corrected chi connectivity index (χ3v) is 5.43. The van der Waals surface area contributed by atoms with Crippen molar-refractivity contribution in [2.24, 2.45) is 11.8 Å². The van der Waals surface area contributed by atoms with Gasteiger partial charge in [-0.25, -0.2) is 0 Å². The predicted octanol–water partition coefficient (Wildman–Crippen LogP) is 2.88. The molecule has 0 saturated carbocycles. The van der Waals surface area contributed by atoms with E-state index in [9.17, 15) is 0 Å². The molecule has 2 heteroatoms. The lowest BCUT2D eigenvalue weighted by Crippen LogP contribution is -2.46. The number of rotatable bonds is 5. The molecule has 17 heavy (non-hydrogen) atoms. The molecule has 0 aromatic heterocycles. The van der Waals surface area contributed by atoms with Crippen LogP contribution in [-0.2, 0) is 0 Å². The van der Waals surface area contributed by atoms with Crippen LogP contribution in [0.15, 0.2) is 0 Å². The van der Waals surface area contributed by atoms with Gasteiger partial charge < -0.3 is 10.2 Å². The molecule has 2 rings (SSSR count). The summed E-state index contributed by atoms with van der Waals surface area (Å²) in [5, 5.41) is 3.60. The summed E-state index contributed by atoms with van der Waals surface area (Å²) in [6.07, 6.45) is 8.41. The first kappa shape index (κ1) is 13.4. The molecule has 0 radical (unpaired) electrons. The summed E-state index contributed by atoms with van der Waals surface area (Å²) in [6, 6.07) is 2.51. The molecular weight excluding hydrogens is 208 g/mol. The first-order chi connectivity index (χ1) is 8.15. The topological polar surface area (TPSA) is 15.3 Å². The quantitative estimate of drug-likeness (QED) is 0.792. The summed E-state index contributed by atoms with van der Waals surface area (Å²) in [5.41, 5.74) is 0. The number of nitrogens with one attached hydrogen (secondary N) is 1. The van der Waals surface area contributed by atoms with Gasteiger partial charge in [-0.2, -0.15) is 0 Å². The average molecular weight is 238 g/mol. The van der Waals surface area contributed by atoms with Crippen molar-refractivity contribution in [2.75, 3.05) is 14.1 Å². The van der Waals surface area contributed by atoms with Gasteiger partial charge in [0.1, 0.15) is 0 Å². The number of hydrogen-bond acceptors (Lipinski definition) is 2. The maximum Gasteiger partial charge on any atom is 0.00989 e. The lowest BCUT2D eigenvalue weighted by atomic mass is 9.81. The molecule has 0 aromatic rings. The van der Waals surface area contributed by atoms with Crippen LogP contribution in [0.4, 0.5) is 0 Å². The predicted molar refractivity (Wildman–Crippen MR) is 74.2 cm³/mol. The second-order valence-corrected chi connectivity index (χ2v) is 6.43. The van der Waals surface area contributed by atoms with Gasteiger partial charge in [-0.15, -0.1) is 0 Å². The lowest BCUT2D eigenvalue weighted by Gasteiger charge is -2.40. The van der Waals surface area contributed by atoms with Crippen molar-refractivity contribution in [1.82, 2.24) is 10.2 Å². The van der Waals surface area contributed by atoms with Gasteiger partial charge in [0.05, 0.1) is 0 Å². The summed E-state index contributed by atoms with van der Waals surface area (Å²) in [7, 11) is 4.49. The van der Waals surface area contributed by atoms with E-state index in [1.165, 1.54) is 38.5 Å². The molecule has 2 heterocycles. The minimum Gasteiger partial charge on any atom is -0.317 e. The highest BCUT2D eigenvalue weighted by Crippen LogP contribution is 2.39. The van der Waals surface area contributed by atoms with Crippen LogP contribution in [0.25, 0.3) is 0 Å². The normalized spacial score (nSPS) is 37.1. The Hall–Kier alpha value is -0.0800. The molecule has 1 N–H and O–H groups in total.